The van der Waals surface area contributed by atoms with Gasteiger partial charge in [-0.15, -0.1) is 0 Å². The van der Waals surface area contributed by atoms with E-state index in [-0.39, 0.29) is 6.04 Å². The number of rotatable bonds is 7. The number of aryl methyl sites for hydroxylation is 1. The fourth-order valence-electron chi connectivity index (χ4n) is 3.82. The molecule has 1 aliphatic rings. The molecule has 0 spiro atoms. The van der Waals surface area contributed by atoms with Gasteiger partial charge in [-0.1, -0.05) is 35.9 Å². The van der Waals surface area contributed by atoms with E-state index in [1.807, 2.05) is 13.8 Å². The molecule has 4 heteroatoms. The number of nitrogens with one attached hydrogen (secondary N) is 1. The molecule has 27 heavy (non-hydrogen) atoms. The molecular formula is C23H32N2O2. The summed E-state index contributed by atoms with van der Waals surface area (Å²) in [5, 5.41) is 3.52. The van der Waals surface area contributed by atoms with Gasteiger partial charge in [0, 0.05) is 19.6 Å². The van der Waals surface area contributed by atoms with Gasteiger partial charge in [-0.05, 0) is 57.0 Å². The van der Waals surface area contributed by atoms with E-state index in [0.717, 1.165) is 44.1 Å². The number of benzene rings is 2. The molecule has 0 aliphatic carbocycles. The van der Waals surface area contributed by atoms with Crippen LogP contribution in [0.25, 0.3) is 0 Å². The van der Waals surface area contributed by atoms with Crippen molar-refractivity contribution in [2.24, 2.45) is 0 Å². The summed E-state index contributed by atoms with van der Waals surface area (Å²) in [5.74, 6) is 1.66. The quantitative estimate of drug-likeness (QED) is 0.795. The molecule has 1 saturated heterocycles. The number of hydrogen-bond acceptors (Lipinski definition) is 4. The van der Waals surface area contributed by atoms with Gasteiger partial charge in [0.05, 0.1) is 19.3 Å². The van der Waals surface area contributed by atoms with E-state index >= 15 is 0 Å². The SMILES string of the molecule is CCOc1ccc(C(c2cccc(C)c2)N2CCCNCC2)cc1OCC. The van der Waals surface area contributed by atoms with E-state index in [2.05, 4.69) is 59.6 Å². The second-order valence-corrected chi connectivity index (χ2v) is 7.03. The first-order chi connectivity index (χ1) is 13.2. The Bertz CT molecular complexity index is 724. The van der Waals surface area contributed by atoms with Gasteiger partial charge in [-0.2, -0.15) is 0 Å². The lowest BCUT2D eigenvalue weighted by molar-refractivity contribution is 0.239. The third-order valence-electron chi connectivity index (χ3n) is 4.98. The fourth-order valence-corrected chi connectivity index (χ4v) is 3.82. The van der Waals surface area contributed by atoms with E-state index in [1.165, 1.54) is 16.7 Å². The highest BCUT2D eigenvalue weighted by atomic mass is 16.5. The standard InChI is InChI=1S/C23H32N2O2/c1-4-26-21-11-10-20(17-22(21)27-5-2)23(19-9-6-8-18(3)16-19)25-14-7-12-24-13-15-25/h6,8-11,16-17,23-24H,4-5,7,12-15H2,1-3H3. The van der Waals surface area contributed by atoms with Crippen LogP contribution < -0.4 is 14.8 Å². The Morgan fingerprint density at radius 1 is 0.926 bits per heavy atom. The Kier molecular flexibility index (Phi) is 7.13. The van der Waals surface area contributed by atoms with Crippen LogP contribution in [0, 0.1) is 6.92 Å². The molecule has 146 valence electrons. The molecule has 1 heterocycles. The Morgan fingerprint density at radius 3 is 2.48 bits per heavy atom. The van der Waals surface area contributed by atoms with Gasteiger partial charge in [0.1, 0.15) is 0 Å². The maximum Gasteiger partial charge on any atom is 0.161 e. The molecular weight excluding hydrogens is 336 g/mol. The van der Waals surface area contributed by atoms with E-state index in [1.54, 1.807) is 0 Å². The summed E-state index contributed by atoms with van der Waals surface area (Å²) in [5.41, 5.74) is 3.89. The van der Waals surface area contributed by atoms with Crippen LogP contribution in [0.4, 0.5) is 0 Å². The number of ether oxygens (including phenoxy) is 2. The van der Waals surface area contributed by atoms with E-state index < -0.39 is 0 Å². The lowest BCUT2D eigenvalue weighted by Crippen LogP contribution is -2.33. The molecule has 1 fully saturated rings. The maximum absolute atomic E-state index is 5.90. The molecule has 0 radical (unpaired) electrons. The van der Waals surface area contributed by atoms with E-state index in [9.17, 15) is 0 Å². The van der Waals surface area contributed by atoms with Crippen molar-refractivity contribution in [2.75, 3.05) is 39.4 Å². The van der Waals surface area contributed by atoms with Crippen LogP contribution in [0.3, 0.4) is 0 Å². The van der Waals surface area contributed by atoms with Gasteiger partial charge in [0.25, 0.3) is 0 Å². The van der Waals surface area contributed by atoms with Gasteiger partial charge < -0.3 is 14.8 Å². The van der Waals surface area contributed by atoms with Gasteiger partial charge in [0.2, 0.25) is 0 Å². The smallest absolute Gasteiger partial charge is 0.161 e. The van der Waals surface area contributed by atoms with Crippen LogP contribution in [0.5, 0.6) is 11.5 Å². The van der Waals surface area contributed by atoms with Gasteiger partial charge in [0.15, 0.2) is 11.5 Å². The zero-order valence-corrected chi connectivity index (χ0v) is 16.8. The zero-order chi connectivity index (χ0) is 19.1. The monoisotopic (exact) mass is 368 g/mol. The summed E-state index contributed by atoms with van der Waals surface area (Å²) in [6, 6.07) is 15.5. The minimum Gasteiger partial charge on any atom is -0.490 e. The minimum atomic E-state index is 0.222. The molecule has 1 atom stereocenters. The summed E-state index contributed by atoms with van der Waals surface area (Å²) in [6.45, 7) is 11.7. The fraction of sp³-hybridized carbons (Fsp3) is 0.478. The zero-order valence-electron chi connectivity index (χ0n) is 16.8. The molecule has 2 aromatic rings. The lowest BCUT2D eigenvalue weighted by Gasteiger charge is -2.32. The van der Waals surface area contributed by atoms with Gasteiger partial charge in [-0.25, -0.2) is 0 Å². The van der Waals surface area contributed by atoms with E-state index in [0.29, 0.717) is 13.2 Å². The molecule has 0 amide bonds. The third kappa shape index (κ3) is 5.02. The Hall–Kier alpha value is -2.04. The Labute approximate surface area is 163 Å². The normalized spacial score (nSPS) is 16.6. The van der Waals surface area contributed by atoms with Crippen LogP contribution in [-0.2, 0) is 0 Å². The Balaban J connectivity index is 2.02. The average Bonchev–Trinajstić information content (AvgIpc) is 2.94. The second-order valence-electron chi connectivity index (χ2n) is 7.03. The molecule has 1 N–H and O–H groups in total. The average molecular weight is 369 g/mol. The molecule has 4 nitrogen and oxygen atoms in total. The number of nitrogens with zero attached hydrogens (tertiary/aromatic N) is 1. The predicted octanol–water partition coefficient (Wildman–Crippen LogP) is 4.18. The first-order valence-electron chi connectivity index (χ1n) is 10.1. The highest BCUT2D eigenvalue weighted by Gasteiger charge is 2.24. The highest BCUT2D eigenvalue weighted by molar-refractivity contribution is 5.46. The molecule has 0 bridgehead atoms. The predicted molar refractivity (Wildman–Crippen MR) is 111 cm³/mol. The summed E-state index contributed by atoms with van der Waals surface area (Å²) in [4.78, 5) is 2.58. The summed E-state index contributed by atoms with van der Waals surface area (Å²) in [7, 11) is 0. The van der Waals surface area contributed by atoms with Crippen LogP contribution in [0.1, 0.15) is 43.0 Å². The molecule has 1 aliphatic heterocycles. The molecule has 0 saturated carbocycles. The van der Waals surface area contributed by atoms with Gasteiger partial charge >= 0.3 is 0 Å². The van der Waals surface area contributed by atoms with Crippen molar-refractivity contribution in [1.82, 2.24) is 10.2 Å². The molecule has 0 aromatic heterocycles. The molecule has 1 unspecified atom stereocenters. The van der Waals surface area contributed by atoms with Crippen molar-refractivity contribution >= 4 is 0 Å². The topological polar surface area (TPSA) is 33.7 Å². The largest absolute Gasteiger partial charge is 0.490 e. The first kappa shape index (κ1) is 19.7. The summed E-state index contributed by atoms with van der Waals surface area (Å²) >= 11 is 0. The summed E-state index contributed by atoms with van der Waals surface area (Å²) in [6.07, 6.45) is 1.16. The van der Waals surface area contributed by atoms with Crippen LogP contribution in [0.15, 0.2) is 42.5 Å². The van der Waals surface area contributed by atoms with Crippen molar-refractivity contribution in [3.05, 3.63) is 59.2 Å². The van der Waals surface area contributed by atoms with Crippen LogP contribution in [0.2, 0.25) is 0 Å². The first-order valence-corrected chi connectivity index (χ1v) is 10.1. The Morgan fingerprint density at radius 2 is 1.70 bits per heavy atom. The van der Waals surface area contributed by atoms with Crippen molar-refractivity contribution in [3.8, 4) is 11.5 Å². The maximum atomic E-state index is 5.90. The van der Waals surface area contributed by atoms with Crippen molar-refractivity contribution in [3.63, 3.8) is 0 Å². The minimum absolute atomic E-state index is 0.222. The lowest BCUT2D eigenvalue weighted by atomic mass is 9.95. The van der Waals surface area contributed by atoms with Crippen molar-refractivity contribution in [2.45, 2.75) is 33.2 Å². The van der Waals surface area contributed by atoms with Crippen molar-refractivity contribution < 1.29 is 9.47 Å². The van der Waals surface area contributed by atoms with Crippen LogP contribution in [-0.4, -0.2) is 44.3 Å². The van der Waals surface area contributed by atoms with Crippen LogP contribution >= 0.6 is 0 Å². The van der Waals surface area contributed by atoms with Gasteiger partial charge in [-0.3, -0.25) is 4.90 Å². The second kappa shape index (κ2) is 9.77. The summed E-state index contributed by atoms with van der Waals surface area (Å²) < 4.78 is 11.7. The molecule has 2 aromatic carbocycles. The molecule has 3 rings (SSSR count). The van der Waals surface area contributed by atoms with E-state index in [4.69, 9.17) is 9.47 Å². The third-order valence-corrected chi connectivity index (χ3v) is 4.98. The number of hydrogen-bond donors (Lipinski definition) is 1. The van der Waals surface area contributed by atoms with Crippen molar-refractivity contribution in [1.29, 1.82) is 0 Å². The highest BCUT2D eigenvalue weighted by Crippen LogP contribution is 2.36.